The third-order valence-corrected chi connectivity index (χ3v) is 11.5. The van der Waals surface area contributed by atoms with Crippen LogP contribution in [0.5, 0.6) is 0 Å². The maximum Gasteiger partial charge on any atom is 0.337 e. The number of anilines is 2. The number of carbonyl (C=O) groups is 4. The molecule has 22 heteroatoms. The second-order valence-corrected chi connectivity index (χ2v) is 16.6. The van der Waals surface area contributed by atoms with Gasteiger partial charge in [0.2, 0.25) is 31.6 Å². The van der Waals surface area contributed by atoms with Crippen molar-refractivity contribution in [2.24, 2.45) is 0 Å². The molecular formula is C38H35F4N7O9S2. The molecule has 0 aliphatic heterocycles. The van der Waals surface area contributed by atoms with Crippen LogP contribution in [-0.4, -0.2) is 83.4 Å². The Morgan fingerprint density at radius 3 is 1.48 bits per heavy atom. The van der Waals surface area contributed by atoms with Crippen molar-refractivity contribution < 1.29 is 58.7 Å². The molecule has 60 heavy (non-hydrogen) atoms. The molecule has 0 fully saturated rings. The second-order valence-electron chi connectivity index (χ2n) is 12.9. The van der Waals surface area contributed by atoms with Crippen LogP contribution in [0.3, 0.4) is 0 Å². The number of carboxylic acids is 1. The van der Waals surface area contributed by atoms with Gasteiger partial charge in [-0.25, -0.2) is 49.2 Å². The van der Waals surface area contributed by atoms with Crippen molar-refractivity contribution in [3.05, 3.63) is 118 Å². The Balaban J connectivity index is 0.000000228. The van der Waals surface area contributed by atoms with Crippen LogP contribution in [-0.2, 0) is 20.0 Å². The Hall–Kier alpha value is -6.68. The Morgan fingerprint density at radius 2 is 1.08 bits per heavy atom. The number of rotatable bonds is 15. The fourth-order valence-corrected chi connectivity index (χ4v) is 8.07. The molecule has 316 valence electrons. The Bertz CT molecular complexity index is 2900. The lowest BCUT2D eigenvalue weighted by atomic mass is 10.0. The number of fused-ring (bicyclic) bond motifs is 2. The van der Waals surface area contributed by atoms with Crippen LogP contribution >= 0.6 is 0 Å². The van der Waals surface area contributed by atoms with Gasteiger partial charge in [0.05, 0.1) is 45.1 Å². The lowest BCUT2D eigenvalue weighted by Gasteiger charge is -2.11. The second kappa shape index (κ2) is 18.1. The van der Waals surface area contributed by atoms with Crippen molar-refractivity contribution in [3.8, 4) is 0 Å². The summed E-state index contributed by atoms with van der Waals surface area (Å²) in [6.07, 6.45) is 5.33. The van der Waals surface area contributed by atoms with Gasteiger partial charge in [-0.15, -0.1) is 0 Å². The van der Waals surface area contributed by atoms with Gasteiger partial charge in [-0.1, -0.05) is 13.8 Å². The first-order valence-electron chi connectivity index (χ1n) is 17.8. The van der Waals surface area contributed by atoms with E-state index in [0.29, 0.717) is 13.0 Å². The minimum absolute atomic E-state index is 0.0608. The summed E-state index contributed by atoms with van der Waals surface area (Å²) in [7, 11) is -7.73. The fourth-order valence-electron chi connectivity index (χ4n) is 5.81. The predicted octanol–water partition coefficient (Wildman–Crippen LogP) is 5.90. The van der Waals surface area contributed by atoms with Crippen molar-refractivity contribution >= 4 is 76.9 Å². The third-order valence-electron chi connectivity index (χ3n) is 8.51. The van der Waals surface area contributed by atoms with E-state index in [1.54, 1.807) is 20.8 Å². The smallest absolute Gasteiger partial charge is 0.337 e. The Morgan fingerprint density at radius 1 is 0.667 bits per heavy atom. The summed E-state index contributed by atoms with van der Waals surface area (Å²) in [5.74, 6) is -9.39. The number of aromatic nitrogens is 4. The number of pyridine rings is 2. The van der Waals surface area contributed by atoms with Crippen LogP contribution in [0, 0.1) is 23.3 Å². The molecule has 16 nitrogen and oxygen atoms in total. The number of hydrogen-bond acceptors (Lipinski definition) is 10. The fraction of sp³-hybridized carbons (Fsp3) is 0.211. The van der Waals surface area contributed by atoms with Crippen molar-refractivity contribution in [1.82, 2.24) is 25.3 Å². The van der Waals surface area contributed by atoms with E-state index >= 15 is 0 Å². The van der Waals surface area contributed by atoms with Crippen LogP contribution in [0.2, 0.25) is 0 Å². The number of amides is 1. The van der Waals surface area contributed by atoms with Crippen molar-refractivity contribution in [1.29, 1.82) is 0 Å². The van der Waals surface area contributed by atoms with Gasteiger partial charge in [-0.2, -0.15) is 0 Å². The minimum Gasteiger partial charge on any atom is -0.478 e. The monoisotopic (exact) mass is 873 g/mol. The largest absolute Gasteiger partial charge is 0.478 e. The van der Waals surface area contributed by atoms with Crippen molar-refractivity contribution in [2.75, 3.05) is 27.5 Å². The number of nitrogens with zero attached hydrogens (tertiary/aromatic N) is 2. The number of sulfonamides is 2. The van der Waals surface area contributed by atoms with Gasteiger partial charge in [0, 0.05) is 53.2 Å². The number of halogens is 4. The molecule has 0 bridgehead atoms. The van der Waals surface area contributed by atoms with Gasteiger partial charge in [-0.3, -0.25) is 23.8 Å². The molecule has 6 rings (SSSR count). The van der Waals surface area contributed by atoms with Crippen molar-refractivity contribution in [3.63, 3.8) is 0 Å². The summed E-state index contributed by atoms with van der Waals surface area (Å²) >= 11 is 0. The first-order chi connectivity index (χ1) is 28.3. The van der Waals surface area contributed by atoms with Crippen LogP contribution < -0.4 is 14.8 Å². The predicted molar refractivity (Wildman–Crippen MR) is 212 cm³/mol. The average molecular weight is 874 g/mol. The zero-order valence-corrected chi connectivity index (χ0v) is 33.4. The summed E-state index contributed by atoms with van der Waals surface area (Å²) in [6.45, 7) is 5.37. The van der Waals surface area contributed by atoms with E-state index in [1.807, 2.05) is 9.44 Å². The van der Waals surface area contributed by atoms with Gasteiger partial charge in [0.15, 0.2) is 11.6 Å². The third kappa shape index (κ3) is 9.60. The molecule has 0 saturated carbocycles. The molecule has 2 aromatic carbocycles. The molecule has 0 unspecified atom stereocenters. The molecule has 0 spiro atoms. The molecular weight excluding hydrogens is 839 g/mol. The maximum absolute atomic E-state index is 15.0. The summed E-state index contributed by atoms with van der Waals surface area (Å²) in [4.78, 5) is 62.3. The van der Waals surface area contributed by atoms with Gasteiger partial charge < -0.3 is 20.4 Å². The zero-order valence-electron chi connectivity index (χ0n) is 31.7. The zero-order chi connectivity index (χ0) is 44.1. The summed E-state index contributed by atoms with van der Waals surface area (Å²) < 4.78 is 110. The van der Waals surface area contributed by atoms with Crippen LogP contribution in [0.4, 0.5) is 28.9 Å². The molecule has 0 aliphatic rings. The molecule has 0 saturated heterocycles. The number of hydrogen-bond donors (Lipinski definition) is 6. The minimum atomic E-state index is -3.87. The number of aromatic amines is 2. The number of H-pyrrole nitrogens is 2. The normalized spacial score (nSPS) is 11.5. The Labute approximate surface area is 338 Å². The average Bonchev–Trinajstić information content (AvgIpc) is 3.81. The highest BCUT2D eigenvalue weighted by Gasteiger charge is 2.28. The lowest BCUT2D eigenvalue weighted by molar-refractivity contribution is 0.0695. The molecule has 4 aromatic heterocycles. The summed E-state index contributed by atoms with van der Waals surface area (Å²) in [5, 5.41) is 11.9. The lowest BCUT2D eigenvalue weighted by Crippen LogP contribution is -2.22. The number of benzene rings is 2. The summed E-state index contributed by atoms with van der Waals surface area (Å²) in [6, 6.07) is 5.93. The van der Waals surface area contributed by atoms with Crippen molar-refractivity contribution in [2.45, 2.75) is 33.6 Å². The first-order valence-corrected chi connectivity index (χ1v) is 21.1. The highest BCUT2D eigenvalue weighted by atomic mass is 32.2. The number of carboxylic acid groups (broad SMARTS) is 1. The molecule has 6 aromatic rings. The SMILES string of the molecule is CCCS(=O)(=O)Nc1ccc(F)c(C(=O)c2c[nH]c3ncc(C(=O)NCC)cc23)c1F.CCCS(=O)(=O)Nc1ccc(F)c(C(=O)c2c[nH]c3ncc(C(=O)O)cc23)c1F. The van der Waals surface area contributed by atoms with E-state index in [0.717, 1.165) is 42.7 Å². The molecule has 4 heterocycles. The number of carbonyl (C=O) groups excluding carboxylic acids is 3. The molecule has 1 amide bonds. The van der Waals surface area contributed by atoms with E-state index in [2.05, 4.69) is 25.3 Å². The topological polar surface area (TPSA) is 250 Å². The highest BCUT2D eigenvalue weighted by Crippen LogP contribution is 2.30. The first kappa shape index (κ1) is 44.4. The van der Waals surface area contributed by atoms with E-state index in [4.69, 9.17) is 5.11 Å². The number of ketones is 2. The van der Waals surface area contributed by atoms with Gasteiger partial charge in [-0.05, 0) is 56.2 Å². The molecule has 0 atom stereocenters. The van der Waals surface area contributed by atoms with E-state index in [-0.39, 0.29) is 62.2 Å². The van der Waals surface area contributed by atoms with E-state index < -0.39 is 89.3 Å². The van der Waals surface area contributed by atoms with Gasteiger partial charge in [0.25, 0.3) is 5.91 Å². The van der Waals surface area contributed by atoms with Crippen LogP contribution in [0.15, 0.2) is 61.2 Å². The maximum atomic E-state index is 15.0. The summed E-state index contributed by atoms with van der Waals surface area (Å²) in [5.41, 5.74) is -2.94. The standard InChI is InChI=1S/C20H20F2N4O4S.C18H15F2N3O5S/c1-3-7-31(29,30)26-15-6-5-14(21)16(17(15)22)18(27)13-10-25-19-12(13)8-11(9-24-19)20(28)23-4-2;1-2-5-29(27,28)23-13-4-3-12(19)14(15(13)20)16(24)11-8-22-17-10(11)6-9(7-21-17)18(25)26/h5-6,8-10,26H,3-4,7H2,1-2H3,(H,23,28)(H,24,25);3-4,6-8,23H,2,5H2,1H3,(H,21,22)(H,25,26). The van der Waals surface area contributed by atoms with E-state index in [1.165, 1.54) is 18.5 Å². The molecule has 0 radical (unpaired) electrons. The van der Waals surface area contributed by atoms with Crippen LogP contribution in [0.25, 0.3) is 22.1 Å². The number of nitrogens with one attached hydrogen (secondary N) is 5. The molecule has 6 N–H and O–H groups in total. The highest BCUT2D eigenvalue weighted by molar-refractivity contribution is 7.92. The number of aromatic carboxylic acids is 1. The van der Waals surface area contributed by atoms with Crippen LogP contribution in [0.1, 0.15) is 86.2 Å². The van der Waals surface area contributed by atoms with Gasteiger partial charge >= 0.3 is 5.97 Å². The van der Waals surface area contributed by atoms with Gasteiger partial charge in [0.1, 0.15) is 22.9 Å². The molecule has 0 aliphatic carbocycles. The van der Waals surface area contributed by atoms with E-state index in [9.17, 15) is 53.6 Å². The quantitative estimate of drug-likeness (QED) is 0.0524. The Kier molecular flexibility index (Phi) is 13.4.